The summed E-state index contributed by atoms with van der Waals surface area (Å²) in [6, 6.07) is 10.5. The van der Waals surface area contributed by atoms with E-state index in [1.165, 1.54) is 37.8 Å². The zero-order valence-corrected chi connectivity index (χ0v) is 16.3. The molecule has 5 rings (SSSR count). The van der Waals surface area contributed by atoms with Crippen molar-refractivity contribution in [2.45, 2.75) is 44.2 Å². The van der Waals surface area contributed by atoms with Crippen LogP contribution in [0.15, 0.2) is 48.7 Å². The fraction of sp³-hybridized carbons (Fsp3) is 0.417. The van der Waals surface area contributed by atoms with Crippen LogP contribution in [0, 0.1) is 23.6 Å². The number of benzene rings is 1. The number of aromatic nitrogens is 1. The maximum absolute atomic E-state index is 13.5. The third-order valence-corrected chi connectivity index (χ3v) is 6.79. The minimum absolute atomic E-state index is 0.0141. The zero-order valence-electron chi connectivity index (χ0n) is 16.3. The summed E-state index contributed by atoms with van der Waals surface area (Å²) in [6.45, 7) is 0. The summed E-state index contributed by atoms with van der Waals surface area (Å²) in [7, 11) is 0. The number of rotatable bonds is 3. The molecule has 1 saturated heterocycles. The average Bonchev–Trinajstić information content (AvgIpc) is 3.11. The van der Waals surface area contributed by atoms with Gasteiger partial charge in [0.2, 0.25) is 0 Å². The summed E-state index contributed by atoms with van der Waals surface area (Å²) >= 11 is 0. The number of fused-ring (bicyclic) bond motifs is 2. The molecule has 5 atom stereocenters. The fourth-order valence-electron chi connectivity index (χ4n) is 5.43. The van der Waals surface area contributed by atoms with E-state index in [1.807, 2.05) is 18.2 Å². The van der Waals surface area contributed by atoms with Gasteiger partial charge in [-0.3, -0.25) is 4.98 Å². The smallest absolute Gasteiger partial charge is 0.407 e. The van der Waals surface area contributed by atoms with Crippen molar-refractivity contribution < 1.29 is 13.9 Å². The Bertz CT molecular complexity index is 927. The highest BCUT2D eigenvalue weighted by atomic mass is 19.1. The topological polar surface area (TPSA) is 51.2 Å². The molecule has 5 heteroatoms. The lowest BCUT2D eigenvalue weighted by atomic mass is 9.63. The minimum Gasteiger partial charge on any atom is -0.444 e. The van der Waals surface area contributed by atoms with Crippen molar-refractivity contribution in [1.29, 1.82) is 0 Å². The normalized spacial score (nSPS) is 31.1. The Morgan fingerprint density at radius 2 is 2.03 bits per heavy atom. The van der Waals surface area contributed by atoms with Crippen LogP contribution in [0.4, 0.5) is 9.18 Å². The van der Waals surface area contributed by atoms with Gasteiger partial charge < -0.3 is 10.1 Å². The maximum atomic E-state index is 13.5. The predicted octanol–water partition coefficient (Wildman–Crippen LogP) is 5.20. The number of ether oxygens (including phenoxy) is 1. The van der Waals surface area contributed by atoms with E-state index < -0.39 is 0 Å². The van der Waals surface area contributed by atoms with Gasteiger partial charge in [0.1, 0.15) is 11.9 Å². The van der Waals surface area contributed by atoms with Crippen LogP contribution in [0.5, 0.6) is 0 Å². The zero-order chi connectivity index (χ0) is 19.8. The molecule has 3 aliphatic rings. The van der Waals surface area contributed by atoms with E-state index >= 15 is 0 Å². The molecule has 2 aliphatic carbocycles. The summed E-state index contributed by atoms with van der Waals surface area (Å²) < 4.78 is 19.0. The van der Waals surface area contributed by atoms with Crippen molar-refractivity contribution >= 4 is 12.2 Å². The molecule has 0 bridgehead atoms. The van der Waals surface area contributed by atoms with Crippen molar-refractivity contribution in [1.82, 2.24) is 10.3 Å². The summed E-state index contributed by atoms with van der Waals surface area (Å²) in [6.07, 6.45) is 11.7. The van der Waals surface area contributed by atoms with Crippen LogP contribution in [0.1, 0.15) is 37.8 Å². The number of hydrogen-bond acceptors (Lipinski definition) is 3. The Labute approximate surface area is 170 Å². The summed E-state index contributed by atoms with van der Waals surface area (Å²) in [5, 5.41) is 3.04. The van der Waals surface area contributed by atoms with E-state index in [1.54, 1.807) is 12.3 Å². The number of nitrogens with zero attached hydrogens (tertiary/aromatic N) is 1. The second kappa shape index (κ2) is 7.62. The van der Waals surface area contributed by atoms with Crippen molar-refractivity contribution in [3.8, 4) is 11.1 Å². The first-order valence-corrected chi connectivity index (χ1v) is 10.5. The molecule has 1 amide bonds. The van der Waals surface area contributed by atoms with E-state index in [2.05, 4.69) is 22.5 Å². The molecule has 1 aromatic heterocycles. The van der Waals surface area contributed by atoms with Gasteiger partial charge in [0.25, 0.3) is 0 Å². The second-order valence-corrected chi connectivity index (χ2v) is 8.48. The van der Waals surface area contributed by atoms with Gasteiger partial charge in [-0.1, -0.05) is 43.5 Å². The van der Waals surface area contributed by atoms with Crippen LogP contribution >= 0.6 is 0 Å². The molecule has 1 aliphatic heterocycles. The number of amides is 1. The van der Waals surface area contributed by atoms with Gasteiger partial charge in [-0.2, -0.15) is 0 Å². The molecule has 1 N–H and O–H groups in total. The predicted molar refractivity (Wildman–Crippen MR) is 109 cm³/mol. The van der Waals surface area contributed by atoms with Gasteiger partial charge in [0.05, 0.1) is 11.7 Å². The van der Waals surface area contributed by atoms with Gasteiger partial charge in [-0.25, -0.2) is 9.18 Å². The third kappa shape index (κ3) is 3.66. The lowest BCUT2D eigenvalue weighted by Crippen LogP contribution is -2.49. The summed E-state index contributed by atoms with van der Waals surface area (Å²) in [4.78, 5) is 16.4. The highest BCUT2D eigenvalue weighted by molar-refractivity contribution is 5.70. The highest BCUT2D eigenvalue weighted by Gasteiger charge is 2.49. The Kier molecular flexibility index (Phi) is 4.82. The lowest BCUT2D eigenvalue weighted by Gasteiger charge is -2.44. The van der Waals surface area contributed by atoms with Gasteiger partial charge in [0.15, 0.2) is 0 Å². The summed E-state index contributed by atoms with van der Waals surface area (Å²) in [5.74, 6) is 1.25. The molecular formula is C24H25FN2O2. The van der Waals surface area contributed by atoms with E-state index in [-0.39, 0.29) is 30.0 Å². The summed E-state index contributed by atoms with van der Waals surface area (Å²) in [5.41, 5.74) is 2.58. The van der Waals surface area contributed by atoms with Gasteiger partial charge in [-0.15, -0.1) is 0 Å². The number of carbonyl (C=O) groups is 1. The van der Waals surface area contributed by atoms with E-state index in [0.29, 0.717) is 11.8 Å². The van der Waals surface area contributed by atoms with E-state index in [9.17, 15) is 9.18 Å². The van der Waals surface area contributed by atoms with Crippen molar-refractivity contribution in [2.75, 3.05) is 0 Å². The Morgan fingerprint density at radius 3 is 2.86 bits per heavy atom. The molecule has 0 spiro atoms. The first-order valence-electron chi connectivity index (χ1n) is 10.5. The highest BCUT2D eigenvalue weighted by Crippen LogP contribution is 2.46. The quantitative estimate of drug-likeness (QED) is 0.781. The Morgan fingerprint density at radius 1 is 1.14 bits per heavy atom. The van der Waals surface area contributed by atoms with Crippen LogP contribution in [-0.4, -0.2) is 23.2 Å². The average molecular weight is 392 g/mol. The molecule has 1 aromatic carbocycles. The largest absolute Gasteiger partial charge is 0.444 e. The van der Waals surface area contributed by atoms with E-state index in [0.717, 1.165) is 23.2 Å². The third-order valence-electron chi connectivity index (χ3n) is 6.79. The minimum atomic E-state index is -0.283. The van der Waals surface area contributed by atoms with Crippen molar-refractivity contribution in [2.24, 2.45) is 17.8 Å². The first-order chi connectivity index (χ1) is 14.2. The molecule has 3 fully saturated rings. The lowest BCUT2D eigenvalue weighted by molar-refractivity contribution is 0.0259. The molecule has 4 nitrogen and oxygen atoms in total. The number of pyridine rings is 1. The molecule has 29 heavy (non-hydrogen) atoms. The number of halogens is 1. The first kappa shape index (κ1) is 18.3. The van der Waals surface area contributed by atoms with Crippen LogP contribution in [0.2, 0.25) is 0 Å². The van der Waals surface area contributed by atoms with Crippen LogP contribution in [0.25, 0.3) is 17.2 Å². The number of alkyl carbamates (subject to hydrolysis) is 1. The maximum Gasteiger partial charge on any atom is 0.407 e. The number of carbonyl (C=O) groups excluding carboxylic acids is 1. The van der Waals surface area contributed by atoms with Gasteiger partial charge >= 0.3 is 6.09 Å². The molecule has 150 valence electrons. The molecule has 2 aromatic rings. The number of nitrogens with one attached hydrogen (secondary N) is 1. The van der Waals surface area contributed by atoms with Crippen molar-refractivity contribution in [3.05, 3.63) is 60.2 Å². The van der Waals surface area contributed by atoms with E-state index in [4.69, 9.17) is 4.74 Å². The molecule has 0 radical (unpaired) electrons. The van der Waals surface area contributed by atoms with Crippen molar-refractivity contribution in [3.63, 3.8) is 0 Å². The Balaban J connectivity index is 1.37. The van der Waals surface area contributed by atoms with Crippen LogP contribution < -0.4 is 5.32 Å². The molecule has 2 heterocycles. The van der Waals surface area contributed by atoms with Gasteiger partial charge in [0, 0.05) is 17.7 Å². The SMILES string of the molecule is O=C1N[C@@H]2C(/C=C/c3ccc(-c4cccc(F)c4)cn3)C3CCCCC3C[C@@H]2O1. The second-order valence-electron chi connectivity index (χ2n) is 8.48. The van der Waals surface area contributed by atoms with Crippen LogP contribution in [0.3, 0.4) is 0 Å². The fourth-order valence-corrected chi connectivity index (χ4v) is 5.43. The van der Waals surface area contributed by atoms with Gasteiger partial charge in [-0.05, 0) is 54.5 Å². The standard InChI is InChI=1S/C24H25FN2O2/c25-18-6-3-5-15(12-18)17-8-9-19(26-14-17)10-11-21-20-7-2-1-4-16(20)13-22-23(21)27-24(28)29-22/h3,5-6,8-12,14,16,20-23H,1-2,4,7,13H2,(H,27,28)/b11-10+/t16?,20?,21?,22-,23+/m0/s1. The molecule has 3 unspecified atom stereocenters. The monoisotopic (exact) mass is 392 g/mol. The number of hydrogen-bond donors (Lipinski definition) is 1. The molecular weight excluding hydrogens is 367 g/mol. The molecule has 2 saturated carbocycles. The Hall–Kier alpha value is -2.69. The van der Waals surface area contributed by atoms with Crippen LogP contribution in [-0.2, 0) is 4.74 Å².